The first-order chi connectivity index (χ1) is 13.4. The molecular weight excluding hydrogens is 440 g/mol. The lowest BCUT2D eigenvalue weighted by atomic mass is 10.0. The Balaban J connectivity index is 1.65. The first kappa shape index (κ1) is 19.1. The molecule has 0 aliphatic carbocycles. The van der Waals surface area contributed by atoms with Gasteiger partial charge in [-0.25, -0.2) is 9.78 Å². The highest BCUT2D eigenvalue weighted by atomic mass is 79.9. The van der Waals surface area contributed by atoms with Crippen LogP contribution in [0.15, 0.2) is 33.5 Å². The van der Waals surface area contributed by atoms with Crippen molar-refractivity contribution in [2.45, 2.75) is 39.7 Å². The number of carbonyl (C=O) groups excluding carboxylic acids is 1. The fourth-order valence-electron chi connectivity index (χ4n) is 3.49. The van der Waals surface area contributed by atoms with E-state index in [0.717, 1.165) is 35.1 Å². The molecule has 0 saturated heterocycles. The van der Waals surface area contributed by atoms with Gasteiger partial charge >= 0.3 is 6.03 Å². The quantitative estimate of drug-likeness (QED) is 0.555. The molecule has 0 saturated carbocycles. The van der Waals surface area contributed by atoms with Crippen LogP contribution in [0.2, 0.25) is 0 Å². The number of aromatic nitrogens is 2. The normalized spacial score (nSPS) is 16.5. The lowest BCUT2D eigenvalue weighted by Gasteiger charge is -2.09. The highest BCUT2D eigenvalue weighted by Gasteiger charge is 2.21. The van der Waals surface area contributed by atoms with Crippen molar-refractivity contribution in [3.63, 3.8) is 0 Å². The first-order valence-corrected chi connectivity index (χ1v) is 10.9. The maximum Gasteiger partial charge on any atom is 0.324 e. The number of hydrogen-bond donors (Lipinski definition) is 2. The van der Waals surface area contributed by atoms with Gasteiger partial charge < -0.3 is 5.32 Å². The van der Waals surface area contributed by atoms with Crippen molar-refractivity contribution < 1.29 is 4.79 Å². The number of thiophene rings is 1. The second-order valence-corrected chi connectivity index (χ2v) is 9.07. The van der Waals surface area contributed by atoms with E-state index >= 15 is 0 Å². The molecule has 4 rings (SSSR count). The minimum atomic E-state index is -0.350. The number of rotatable bonds is 2. The highest BCUT2D eigenvalue weighted by molar-refractivity contribution is 9.10. The largest absolute Gasteiger partial charge is 0.324 e. The number of nitrogens with one attached hydrogen (secondary N) is 2. The molecule has 2 amide bonds. The van der Waals surface area contributed by atoms with E-state index in [4.69, 9.17) is 4.98 Å². The Hall–Kier alpha value is -2.19. The number of anilines is 2. The molecule has 0 bridgehead atoms. The summed E-state index contributed by atoms with van der Waals surface area (Å²) in [5, 5.41) is 6.95. The molecule has 2 N–H and O–H groups in total. The summed E-state index contributed by atoms with van der Waals surface area (Å²) in [5.41, 5.74) is 1.45. The van der Waals surface area contributed by atoms with E-state index in [1.165, 1.54) is 11.3 Å². The van der Waals surface area contributed by atoms with Crippen molar-refractivity contribution in [2.24, 2.45) is 5.92 Å². The fourth-order valence-corrected chi connectivity index (χ4v) is 4.96. The van der Waals surface area contributed by atoms with Gasteiger partial charge in [0.1, 0.15) is 15.7 Å². The fraction of sp³-hybridized carbons (Fsp3) is 0.350. The van der Waals surface area contributed by atoms with E-state index in [1.54, 1.807) is 0 Å². The predicted octanol–water partition coefficient (Wildman–Crippen LogP) is 5.15. The zero-order chi connectivity index (χ0) is 19.8. The Bertz CT molecular complexity index is 1120. The molecule has 0 fully saturated rings. The van der Waals surface area contributed by atoms with Gasteiger partial charge in [0.2, 0.25) is 0 Å². The highest BCUT2D eigenvalue weighted by Crippen LogP contribution is 2.33. The lowest BCUT2D eigenvalue weighted by molar-refractivity contribution is 0.262. The average Bonchev–Trinajstić information content (AvgIpc) is 2.83. The van der Waals surface area contributed by atoms with Gasteiger partial charge in [0.05, 0.1) is 11.1 Å². The SMILES string of the molecule is Cc1c(NC(=O)Nc2ccccc2Br)sc2nc3n(c(=O)c12)CC[C@@H](C)CC3. The number of carbonyl (C=O) groups is 1. The molecule has 1 aromatic carbocycles. The number of fused-ring (bicyclic) bond motifs is 2. The Morgan fingerprint density at radius 3 is 2.86 bits per heavy atom. The van der Waals surface area contributed by atoms with E-state index in [1.807, 2.05) is 35.8 Å². The number of para-hydroxylation sites is 1. The van der Waals surface area contributed by atoms with E-state index < -0.39 is 0 Å². The molecule has 0 unspecified atom stereocenters. The van der Waals surface area contributed by atoms with Crippen molar-refractivity contribution in [2.75, 3.05) is 10.6 Å². The van der Waals surface area contributed by atoms with Gasteiger partial charge in [0, 0.05) is 17.4 Å². The van der Waals surface area contributed by atoms with Crippen LogP contribution in [0.5, 0.6) is 0 Å². The summed E-state index contributed by atoms with van der Waals surface area (Å²) in [6.45, 7) is 4.79. The van der Waals surface area contributed by atoms with Crippen LogP contribution in [-0.4, -0.2) is 15.6 Å². The Labute approximate surface area is 175 Å². The van der Waals surface area contributed by atoms with E-state index in [9.17, 15) is 9.59 Å². The maximum atomic E-state index is 13.1. The van der Waals surface area contributed by atoms with Crippen molar-refractivity contribution in [1.82, 2.24) is 9.55 Å². The number of urea groups is 1. The Morgan fingerprint density at radius 2 is 2.07 bits per heavy atom. The van der Waals surface area contributed by atoms with Crippen molar-refractivity contribution in [3.05, 3.63) is 50.5 Å². The molecule has 1 atom stereocenters. The van der Waals surface area contributed by atoms with Crippen LogP contribution in [0.4, 0.5) is 15.5 Å². The lowest BCUT2D eigenvalue weighted by Crippen LogP contribution is -2.24. The van der Waals surface area contributed by atoms with Crippen LogP contribution in [0.25, 0.3) is 10.2 Å². The summed E-state index contributed by atoms with van der Waals surface area (Å²) < 4.78 is 2.62. The summed E-state index contributed by atoms with van der Waals surface area (Å²) in [5.74, 6) is 1.45. The number of aryl methyl sites for hydroxylation is 2. The molecular formula is C20H21BrN4O2S. The van der Waals surface area contributed by atoms with Gasteiger partial charge in [-0.2, -0.15) is 0 Å². The van der Waals surface area contributed by atoms with Crippen LogP contribution < -0.4 is 16.2 Å². The smallest absolute Gasteiger partial charge is 0.307 e. The van der Waals surface area contributed by atoms with Crippen LogP contribution in [0.1, 0.15) is 31.2 Å². The molecule has 2 aromatic heterocycles. The first-order valence-electron chi connectivity index (χ1n) is 9.29. The minimum absolute atomic E-state index is 0.00196. The van der Waals surface area contributed by atoms with E-state index in [0.29, 0.717) is 33.4 Å². The standard InChI is InChI=1S/C20H21BrN4O2S/c1-11-7-8-15-23-18-16(19(26)25(15)10-9-11)12(2)17(28-18)24-20(27)22-14-6-4-3-5-13(14)21/h3-6,11H,7-10H2,1-2H3,(H2,22,24,27)/t11-/m0/s1. The van der Waals surface area contributed by atoms with Crippen molar-refractivity contribution >= 4 is 54.2 Å². The number of nitrogens with zero attached hydrogens (tertiary/aromatic N) is 2. The summed E-state index contributed by atoms with van der Waals surface area (Å²) in [7, 11) is 0. The van der Waals surface area contributed by atoms with Gasteiger partial charge in [0.25, 0.3) is 5.56 Å². The Kier molecular flexibility index (Phi) is 5.25. The zero-order valence-corrected chi connectivity index (χ0v) is 18.1. The Morgan fingerprint density at radius 1 is 1.29 bits per heavy atom. The van der Waals surface area contributed by atoms with Crippen LogP contribution in [0.3, 0.4) is 0 Å². The second-order valence-electron chi connectivity index (χ2n) is 7.21. The molecule has 6 nitrogen and oxygen atoms in total. The summed E-state index contributed by atoms with van der Waals surface area (Å²) in [4.78, 5) is 31.0. The number of halogens is 1. The molecule has 28 heavy (non-hydrogen) atoms. The molecule has 8 heteroatoms. The van der Waals surface area contributed by atoms with Gasteiger partial charge in [0.15, 0.2) is 0 Å². The zero-order valence-electron chi connectivity index (χ0n) is 15.7. The molecule has 146 valence electrons. The van der Waals surface area contributed by atoms with Crippen LogP contribution in [0, 0.1) is 12.8 Å². The van der Waals surface area contributed by atoms with Crippen molar-refractivity contribution in [1.29, 1.82) is 0 Å². The van der Waals surface area contributed by atoms with Gasteiger partial charge in [-0.3, -0.25) is 14.7 Å². The van der Waals surface area contributed by atoms with Crippen LogP contribution >= 0.6 is 27.3 Å². The topological polar surface area (TPSA) is 76.0 Å². The van der Waals surface area contributed by atoms with Gasteiger partial charge in [-0.05, 0) is 59.3 Å². The van der Waals surface area contributed by atoms with Gasteiger partial charge in [-0.1, -0.05) is 30.4 Å². The second kappa shape index (κ2) is 7.67. The van der Waals surface area contributed by atoms with Gasteiger partial charge in [-0.15, -0.1) is 0 Å². The molecule has 1 aliphatic rings. The van der Waals surface area contributed by atoms with Crippen molar-refractivity contribution in [3.8, 4) is 0 Å². The third-order valence-corrected chi connectivity index (χ3v) is 6.98. The molecule has 3 heterocycles. The minimum Gasteiger partial charge on any atom is -0.307 e. The number of benzene rings is 1. The third kappa shape index (κ3) is 3.58. The molecule has 0 spiro atoms. The predicted molar refractivity (Wildman–Crippen MR) is 118 cm³/mol. The molecule has 3 aromatic rings. The van der Waals surface area contributed by atoms with E-state index in [-0.39, 0.29) is 11.6 Å². The number of hydrogen-bond acceptors (Lipinski definition) is 4. The maximum absolute atomic E-state index is 13.1. The number of amides is 2. The summed E-state index contributed by atoms with van der Waals surface area (Å²) in [6, 6.07) is 7.06. The molecule has 0 radical (unpaired) electrons. The summed E-state index contributed by atoms with van der Waals surface area (Å²) >= 11 is 4.77. The summed E-state index contributed by atoms with van der Waals surface area (Å²) in [6.07, 6.45) is 2.85. The van der Waals surface area contributed by atoms with Crippen LogP contribution in [-0.2, 0) is 13.0 Å². The molecule has 1 aliphatic heterocycles. The van der Waals surface area contributed by atoms with E-state index in [2.05, 4.69) is 33.5 Å². The third-order valence-electron chi connectivity index (χ3n) is 5.18. The average molecular weight is 461 g/mol. The monoisotopic (exact) mass is 460 g/mol.